The van der Waals surface area contributed by atoms with Gasteiger partial charge in [0.1, 0.15) is 11.6 Å². The van der Waals surface area contributed by atoms with Gasteiger partial charge in [0, 0.05) is 32.8 Å². The molecule has 1 atom stereocenters. The predicted molar refractivity (Wildman–Crippen MR) is 138 cm³/mol. The Balaban J connectivity index is 0.00000289. The molecule has 1 aliphatic heterocycles. The molecule has 0 bridgehead atoms. The molecule has 3 heterocycles. The third kappa shape index (κ3) is 5.89. The lowest BCUT2D eigenvalue weighted by Crippen LogP contribution is -2.43. The summed E-state index contributed by atoms with van der Waals surface area (Å²) in [4.78, 5) is 6.94. The number of likely N-dealkylation sites (tertiary alicyclic amines) is 1. The van der Waals surface area contributed by atoms with Gasteiger partial charge in [0.2, 0.25) is 0 Å². The number of halogens is 1. The van der Waals surface area contributed by atoms with Crippen molar-refractivity contribution >= 4 is 35.6 Å². The third-order valence-electron chi connectivity index (χ3n) is 5.77. The van der Waals surface area contributed by atoms with Gasteiger partial charge in [0.25, 0.3) is 0 Å². The van der Waals surface area contributed by atoms with Crippen molar-refractivity contribution in [3.63, 3.8) is 0 Å². The molecule has 0 aliphatic carbocycles. The topological polar surface area (TPSA) is 79.1 Å². The fourth-order valence-electron chi connectivity index (χ4n) is 4.13. The van der Waals surface area contributed by atoms with Crippen LogP contribution < -0.4 is 15.4 Å². The quantitative estimate of drug-likeness (QED) is 0.256. The predicted octanol–water partition coefficient (Wildman–Crippen LogP) is 2.90. The van der Waals surface area contributed by atoms with E-state index in [1.807, 2.05) is 34.9 Å². The molecule has 4 rings (SSSR count). The molecule has 0 amide bonds. The van der Waals surface area contributed by atoms with Crippen LogP contribution in [0.5, 0.6) is 5.75 Å². The second-order valence-corrected chi connectivity index (χ2v) is 7.71. The Morgan fingerprint density at radius 2 is 1.97 bits per heavy atom. The first kappa shape index (κ1) is 24.2. The number of nitrogens with one attached hydrogen (secondary N) is 2. The maximum Gasteiger partial charge on any atom is 0.191 e. The SMILES string of the molecule is CN=C(NCCc1nnc2ccccn12)NCC(c1cccc(OC)c1)N1CCCC1.I. The van der Waals surface area contributed by atoms with E-state index in [-0.39, 0.29) is 30.0 Å². The zero-order valence-electron chi connectivity index (χ0n) is 18.7. The van der Waals surface area contributed by atoms with Crippen molar-refractivity contribution in [2.45, 2.75) is 25.3 Å². The Labute approximate surface area is 206 Å². The molecule has 32 heavy (non-hydrogen) atoms. The number of aliphatic imine (C=N–C) groups is 1. The second-order valence-electron chi connectivity index (χ2n) is 7.71. The number of guanidine groups is 1. The van der Waals surface area contributed by atoms with E-state index in [1.54, 1.807) is 14.2 Å². The van der Waals surface area contributed by atoms with Gasteiger partial charge in [-0.3, -0.25) is 14.3 Å². The van der Waals surface area contributed by atoms with Crippen molar-refractivity contribution in [2.75, 3.05) is 40.3 Å². The number of fused-ring (bicyclic) bond motifs is 1. The number of ether oxygens (including phenoxy) is 1. The lowest BCUT2D eigenvalue weighted by molar-refractivity contribution is 0.245. The van der Waals surface area contributed by atoms with Gasteiger partial charge in [0.15, 0.2) is 11.6 Å². The van der Waals surface area contributed by atoms with E-state index in [4.69, 9.17) is 4.74 Å². The molecule has 0 radical (unpaired) electrons. The van der Waals surface area contributed by atoms with E-state index >= 15 is 0 Å². The highest BCUT2D eigenvalue weighted by molar-refractivity contribution is 14.0. The number of benzene rings is 1. The van der Waals surface area contributed by atoms with E-state index in [0.29, 0.717) is 0 Å². The smallest absolute Gasteiger partial charge is 0.191 e. The lowest BCUT2D eigenvalue weighted by Gasteiger charge is -2.29. The van der Waals surface area contributed by atoms with Crippen molar-refractivity contribution in [3.8, 4) is 5.75 Å². The summed E-state index contributed by atoms with van der Waals surface area (Å²) in [7, 11) is 3.52. The van der Waals surface area contributed by atoms with Crippen LogP contribution in [0.15, 0.2) is 53.7 Å². The van der Waals surface area contributed by atoms with Crippen molar-refractivity contribution in [1.82, 2.24) is 30.1 Å². The molecule has 0 saturated carbocycles. The van der Waals surface area contributed by atoms with Crippen LogP contribution in [0.4, 0.5) is 0 Å². The van der Waals surface area contributed by atoms with Crippen molar-refractivity contribution < 1.29 is 4.74 Å². The van der Waals surface area contributed by atoms with Gasteiger partial charge in [-0.15, -0.1) is 34.2 Å². The van der Waals surface area contributed by atoms with Gasteiger partial charge in [-0.2, -0.15) is 0 Å². The van der Waals surface area contributed by atoms with Crippen LogP contribution in [-0.4, -0.2) is 65.8 Å². The first-order valence-corrected chi connectivity index (χ1v) is 10.9. The molecular formula is C23H32IN7O. The summed E-state index contributed by atoms with van der Waals surface area (Å²) in [5.41, 5.74) is 2.13. The highest BCUT2D eigenvalue weighted by Crippen LogP contribution is 2.27. The number of pyridine rings is 1. The fraction of sp³-hybridized carbons (Fsp3) is 0.435. The molecule has 9 heteroatoms. The maximum atomic E-state index is 5.45. The van der Waals surface area contributed by atoms with E-state index < -0.39 is 0 Å². The van der Waals surface area contributed by atoms with Gasteiger partial charge in [-0.25, -0.2) is 0 Å². The molecule has 1 fully saturated rings. The van der Waals surface area contributed by atoms with Gasteiger partial charge in [0.05, 0.1) is 13.2 Å². The van der Waals surface area contributed by atoms with Crippen molar-refractivity contribution in [2.24, 2.45) is 4.99 Å². The molecule has 8 nitrogen and oxygen atoms in total. The average Bonchev–Trinajstić information content (AvgIpc) is 3.49. The molecule has 2 aromatic heterocycles. The Bertz CT molecular complexity index is 1020. The summed E-state index contributed by atoms with van der Waals surface area (Å²) < 4.78 is 7.46. The van der Waals surface area contributed by atoms with Gasteiger partial charge in [-0.1, -0.05) is 18.2 Å². The molecule has 1 aromatic carbocycles. The van der Waals surface area contributed by atoms with Crippen LogP contribution in [-0.2, 0) is 6.42 Å². The van der Waals surface area contributed by atoms with Crippen LogP contribution in [0.3, 0.4) is 0 Å². The molecule has 3 aromatic rings. The van der Waals surface area contributed by atoms with Crippen LogP contribution in [0.1, 0.15) is 30.3 Å². The average molecular weight is 549 g/mol. The Morgan fingerprint density at radius 3 is 2.75 bits per heavy atom. The Kier molecular flexibility index (Phi) is 9.10. The number of hydrogen-bond donors (Lipinski definition) is 2. The van der Waals surface area contributed by atoms with Crippen molar-refractivity contribution in [3.05, 3.63) is 60.0 Å². The molecule has 1 aliphatic rings. The number of hydrogen-bond acceptors (Lipinski definition) is 5. The highest BCUT2D eigenvalue weighted by Gasteiger charge is 2.24. The molecule has 1 saturated heterocycles. The Morgan fingerprint density at radius 1 is 1.12 bits per heavy atom. The van der Waals surface area contributed by atoms with Crippen LogP contribution in [0.2, 0.25) is 0 Å². The minimum atomic E-state index is 0. The number of methoxy groups -OCH3 is 1. The monoisotopic (exact) mass is 549 g/mol. The summed E-state index contributed by atoms with van der Waals surface area (Å²) in [6.07, 6.45) is 5.25. The summed E-state index contributed by atoms with van der Waals surface area (Å²) in [5.74, 6) is 2.62. The normalized spacial score (nSPS) is 15.4. The minimum Gasteiger partial charge on any atom is -0.497 e. The summed E-state index contributed by atoms with van der Waals surface area (Å²) in [6.45, 7) is 3.74. The van der Waals surface area contributed by atoms with Crippen LogP contribution in [0.25, 0.3) is 5.65 Å². The number of rotatable bonds is 8. The standard InChI is InChI=1S/C23H31N7O.HI/c1-24-23(25-12-11-22-28-27-21-10-3-4-15-30(21)22)26-17-20(29-13-5-6-14-29)18-8-7-9-19(16-18)31-2;/h3-4,7-10,15-16,20H,5-6,11-14,17H2,1-2H3,(H2,24,25,26);1H. The van der Waals surface area contributed by atoms with E-state index in [1.165, 1.54) is 18.4 Å². The first-order chi connectivity index (χ1) is 15.3. The third-order valence-corrected chi connectivity index (χ3v) is 5.77. The van der Waals surface area contributed by atoms with Gasteiger partial charge >= 0.3 is 0 Å². The highest BCUT2D eigenvalue weighted by atomic mass is 127. The molecule has 2 N–H and O–H groups in total. The van der Waals surface area contributed by atoms with E-state index in [2.05, 4.69) is 48.9 Å². The van der Waals surface area contributed by atoms with Gasteiger partial charge < -0.3 is 15.4 Å². The largest absolute Gasteiger partial charge is 0.497 e. The van der Waals surface area contributed by atoms with Crippen LogP contribution in [0, 0.1) is 0 Å². The zero-order valence-corrected chi connectivity index (χ0v) is 21.0. The molecular weight excluding hydrogens is 517 g/mol. The number of aromatic nitrogens is 3. The molecule has 0 spiro atoms. The fourth-order valence-corrected chi connectivity index (χ4v) is 4.13. The van der Waals surface area contributed by atoms with E-state index in [0.717, 1.165) is 55.8 Å². The maximum absolute atomic E-state index is 5.45. The molecule has 172 valence electrons. The Hall–Kier alpha value is -2.40. The van der Waals surface area contributed by atoms with Crippen LogP contribution >= 0.6 is 24.0 Å². The minimum absolute atomic E-state index is 0. The summed E-state index contributed by atoms with van der Waals surface area (Å²) in [5, 5.41) is 15.4. The van der Waals surface area contributed by atoms with E-state index in [9.17, 15) is 0 Å². The summed E-state index contributed by atoms with van der Waals surface area (Å²) in [6, 6.07) is 14.6. The molecule has 1 unspecified atom stereocenters. The zero-order chi connectivity index (χ0) is 21.5. The van der Waals surface area contributed by atoms with Gasteiger partial charge in [-0.05, 0) is 55.8 Å². The van der Waals surface area contributed by atoms with Crippen molar-refractivity contribution in [1.29, 1.82) is 0 Å². The number of nitrogens with zero attached hydrogens (tertiary/aromatic N) is 5. The first-order valence-electron chi connectivity index (χ1n) is 10.9. The summed E-state index contributed by atoms with van der Waals surface area (Å²) >= 11 is 0. The second kappa shape index (κ2) is 12.0. The lowest BCUT2D eigenvalue weighted by atomic mass is 10.1.